The van der Waals surface area contributed by atoms with Crippen LogP contribution in [0.4, 0.5) is 10.1 Å². The highest BCUT2D eigenvalue weighted by Crippen LogP contribution is 2.17. The summed E-state index contributed by atoms with van der Waals surface area (Å²) >= 11 is 0. The zero-order valence-corrected chi connectivity index (χ0v) is 8.49. The first-order valence-electron chi connectivity index (χ1n) is 4.60. The van der Waals surface area contributed by atoms with Crippen LogP contribution in [0.5, 0.6) is 0 Å². The Kier molecular flexibility index (Phi) is 2.63. The van der Waals surface area contributed by atoms with Crippen LogP contribution in [-0.2, 0) is 0 Å². The molecule has 2 N–H and O–H groups in total. The number of aromatic nitrogens is 3. The van der Waals surface area contributed by atoms with Crippen molar-refractivity contribution >= 4 is 11.6 Å². The van der Waals surface area contributed by atoms with Gasteiger partial charge < -0.3 is 5.32 Å². The van der Waals surface area contributed by atoms with E-state index >= 15 is 0 Å². The second kappa shape index (κ2) is 4.09. The number of halogens is 1. The van der Waals surface area contributed by atoms with Crippen LogP contribution in [0, 0.1) is 12.7 Å². The summed E-state index contributed by atoms with van der Waals surface area (Å²) in [5.74, 6) is -0.731. The van der Waals surface area contributed by atoms with Crippen molar-refractivity contribution in [3.05, 3.63) is 41.7 Å². The second-order valence-electron chi connectivity index (χ2n) is 3.20. The van der Waals surface area contributed by atoms with E-state index in [1.807, 2.05) is 0 Å². The summed E-state index contributed by atoms with van der Waals surface area (Å²) in [5, 5.41) is 8.52. The van der Waals surface area contributed by atoms with Gasteiger partial charge in [0.15, 0.2) is 0 Å². The molecule has 0 spiro atoms. The maximum Gasteiger partial charge on any atom is 0.292 e. The topological polar surface area (TPSA) is 70.7 Å². The number of hydrogen-bond acceptors (Lipinski definition) is 3. The number of carbonyl (C=O) groups is 1. The zero-order chi connectivity index (χ0) is 11.5. The van der Waals surface area contributed by atoms with Crippen LogP contribution in [0.25, 0.3) is 0 Å². The molecule has 5 nitrogen and oxygen atoms in total. The van der Waals surface area contributed by atoms with Gasteiger partial charge in [0.05, 0.1) is 0 Å². The Bertz CT molecular complexity index is 510. The number of hydrogen-bond donors (Lipinski definition) is 2. The van der Waals surface area contributed by atoms with Gasteiger partial charge in [-0.2, -0.15) is 5.10 Å². The molecule has 2 rings (SSSR count). The first-order chi connectivity index (χ1) is 7.68. The van der Waals surface area contributed by atoms with E-state index < -0.39 is 5.91 Å². The maximum absolute atomic E-state index is 13.2. The lowest BCUT2D eigenvalue weighted by Gasteiger charge is -2.06. The van der Waals surface area contributed by atoms with E-state index in [4.69, 9.17) is 0 Å². The quantitative estimate of drug-likeness (QED) is 0.805. The number of carbonyl (C=O) groups excluding carboxylic acids is 1. The number of H-pyrrole nitrogens is 1. The molecule has 16 heavy (non-hydrogen) atoms. The number of amides is 1. The number of anilines is 1. The van der Waals surface area contributed by atoms with Crippen molar-refractivity contribution in [1.82, 2.24) is 15.2 Å². The molecule has 1 aromatic carbocycles. The van der Waals surface area contributed by atoms with Crippen molar-refractivity contribution < 1.29 is 9.18 Å². The summed E-state index contributed by atoms with van der Waals surface area (Å²) in [6.07, 6.45) is 1.23. The highest BCUT2D eigenvalue weighted by atomic mass is 19.1. The molecule has 6 heteroatoms. The van der Waals surface area contributed by atoms with Crippen molar-refractivity contribution in [2.24, 2.45) is 0 Å². The van der Waals surface area contributed by atoms with E-state index in [2.05, 4.69) is 20.5 Å². The fourth-order valence-corrected chi connectivity index (χ4v) is 1.24. The zero-order valence-electron chi connectivity index (χ0n) is 8.49. The molecule has 82 valence electrons. The third-order valence-electron chi connectivity index (χ3n) is 2.15. The van der Waals surface area contributed by atoms with E-state index in [9.17, 15) is 9.18 Å². The van der Waals surface area contributed by atoms with Gasteiger partial charge in [-0.05, 0) is 19.1 Å². The Balaban J connectivity index is 2.22. The van der Waals surface area contributed by atoms with Gasteiger partial charge in [-0.15, -0.1) is 0 Å². The maximum atomic E-state index is 13.2. The Morgan fingerprint density at radius 2 is 2.31 bits per heavy atom. The summed E-state index contributed by atoms with van der Waals surface area (Å²) in [6, 6.07) is 4.48. The Morgan fingerprint density at radius 3 is 3.00 bits per heavy atom. The minimum atomic E-state index is -0.453. The van der Waals surface area contributed by atoms with Crippen LogP contribution >= 0.6 is 0 Å². The van der Waals surface area contributed by atoms with Gasteiger partial charge in [-0.3, -0.25) is 9.89 Å². The normalized spacial score (nSPS) is 10.1. The van der Waals surface area contributed by atoms with Crippen LogP contribution in [0.15, 0.2) is 24.5 Å². The van der Waals surface area contributed by atoms with Gasteiger partial charge in [0.25, 0.3) is 5.91 Å². The van der Waals surface area contributed by atoms with Gasteiger partial charge in [0.1, 0.15) is 12.1 Å². The minimum absolute atomic E-state index is 0.0867. The Labute approximate surface area is 90.7 Å². The van der Waals surface area contributed by atoms with Gasteiger partial charge >= 0.3 is 0 Å². The van der Waals surface area contributed by atoms with Crippen molar-refractivity contribution in [2.45, 2.75) is 6.92 Å². The van der Waals surface area contributed by atoms with Crippen LogP contribution in [0.1, 0.15) is 16.2 Å². The van der Waals surface area contributed by atoms with Gasteiger partial charge in [0.2, 0.25) is 5.82 Å². The first-order valence-corrected chi connectivity index (χ1v) is 4.60. The lowest BCUT2D eigenvalue weighted by molar-refractivity contribution is 0.101. The number of nitrogens with one attached hydrogen (secondary N) is 2. The van der Waals surface area contributed by atoms with Gasteiger partial charge in [-0.25, -0.2) is 9.37 Å². The van der Waals surface area contributed by atoms with E-state index in [0.717, 1.165) is 0 Å². The smallest absolute Gasteiger partial charge is 0.292 e. The van der Waals surface area contributed by atoms with Crippen molar-refractivity contribution in [2.75, 3.05) is 5.32 Å². The molecular weight excluding hydrogens is 211 g/mol. The molecule has 0 radical (unpaired) electrons. The lowest BCUT2D eigenvalue weighted by Crippen LogP contribution is -2.14. The molecule has 0 aliphatic rings. The monoisotopic (exact) mass is 220 g/mol. The fraction of sp³-hybridized carbons (Fsp3) is 0.100. The number of benzene rings is 1. The average molecular weight is 220 g/mol. The second-order valence-corrected chi connectivity index (χ2v) is 3.20. The van der Waals surface area contributed by atoms with Gasteiger partial charge in [0, 0.05) is 11.3 Å². The molecule has 1 heterocycles. The van der Waals surface area contributed by atoms with Crippen LogP contribution in [0.2, 0.25) is 0 Å². The van der Waals surface area contributed by atoms with E-state index in [0.29, 0.717) is 11.3 Å². The van der Waals surface area contributed by atoms with Crippen LogP contribution in [-0.4, -0.2) is 21.1 Å². The summed E-state index contributed by atoms with van der Waals surface area (Å²) < 4.78 is 13.2. The molecule has 0 saturated heterocycles. The third kappa shape index (κ3) is 1.90. The third-order valence-corrected chi connectivity index (χ3v) is 2.15. The predicted molar refractivity (Wildman–Crippen MR) is 55.5 cm³/mol. The number of rotatable bonds is 2. The van der Waals surface area contributed by atoms with Crippen molar-refractivity contribution in [3.8, 4) is 0 Å². The fourth-order valence-electron chi connectivity index (χ4n) is 1.24. The molecule has 0 aliphatic heterocycles. The van der Waals surface area contributed by atoms with Crippen molar-refractivity contribution in [3.63, 3.8) is 0 Å². The summed E-state index contributed by atoms with van der Waals surface area (Å²) in [6.45, 7) is 1.59. The van der Waals surface area contributed by atoms with E-state index in [-0.39, 0.29) is 11.6 Å². The molecule has 1 amide bonds. The Hall–Kier alpha value is -2.24. The molecule has 1 aromatic heterocycles. The minimum Gasteiger partial charge on any atom is -0.319 e. The predicted octanol–water partition coefficient (Wildman–Crippen LogP) is 1.50. The highest BCUT2D eigenvalue weighted by Gasteiger charge is 2.11. The number of aromatic amines is 1. The van der Waals surface area contributed by atoms with E-state index in [1.165, 1.54) is 18.5 Å². The molecule has 2 aromatic rings. The largest absolute Gasteiger partial charge is 0.319 e. The van der Waals surface area contributed by atoms with Gasteiger partial charge in [-0.1, -0.05) is 6.07 Å². The molecule has 0 bridgehead atoms. The SMILES string of the molecule is Cc1c(F)cccc1NC(=O)c1ncn[nH]1. The molecule has 0 unspecified atom stereocenters. The molecular formula is C10H9FN4O. The van der Waals surface area contributed by atoms with E-state index in [1.54, 1.807) is 13.0 Å². The molecule has 0 fully saturated rings. The highest BCUT2D eigenvalue weighted by molar-refractivity contribution is 6.01. The average Bonchev–Trinajstić information content (AvgIpc) is 2.78. The number of nitrogens with zero attached hydrogens (tertiary/aromatic N) is 2. The molecule has 0 saturated carbocycles. The first kappa shape index (κ1) is 10.3. The summed E-state index contributed by atoms with van der Waals surface area (Å²) in [4.78, 5) is 15.3. The summed E-state index contributed by atoms with van der Waals surface area (Å²) in [5.41, 5.74) is 0.803. The Morgan fingerprint density at radius 1 is 1.50 bits per heavy atom. The molecule has 0 aliphatic carbocycles. The van der Waals surface area contributed by atoms with Crippen LogP contribution in [0.3, 0.4) is 0 Å². The van der Waals surface area contributed by atoms with Crippen molar-refractivity contribution in [1.29, 1.82) is 0 Å². The lowest BCUT2D eigenvalue weighted by atomic mass is 10.2. The summed E-state index contributed by atoms with van der Waals surface area (Å²) in [7, 11) is 0. The standard InChI is InChI=1S/C10H9FN4O/c1-6-7(11)3-2-4-8(6)14-10(16)9-12-5-13-15-9/h2-5H,1H3,(H,14,16)(H,12,13,15). The van der Waals surface area contributed by atoms with Crippen LogP contribution < -0.4 is 5.32 Å². The molecule has 0 atom stereocenters.